The Balaban J connectivity index is 2.36. The lowest BCUT2D eigenvalue weighted by Crippen LogP contribution is -2.10. The van der Waals surface area contributed by atoms with Gasteiger partial charge in [0.25, 0.3) is 0 Å². The Morgan fingerprint density at radius 2 is 2.07 bits per heavy atom. The average Bonchev–Trinajstić information content (AvgIpc) is 2.26. The summed E-state index contributed by atoms with van der Waals surface area (Å²) in [4.78, 5) is 8.67. The summed E-state index contributed by atoms with van der Waals surface area (Å²) >= 11 is 4.54. The second-order valence-corrected chi connectivity index (χ2v) is 3.01. The molecule has 3 nitrogen and oxygen atoms in total. The third-order valence-electron chi connectivity index (χ3n) is 1.84. The molecule has 1 heterocycles. The molecule has 14 heavy (non-hydrogen) atoms. The molecule has 0 atom stereocenters. The number of fused-ring (bicyclic) bond motifs is 1. The molecule has 1 aromatic heterocycles. The quantitative estimate of drug-likeness (QED) is 0.605. The molecule has 0 spiro atoms. The van der Waals surface area contributed by atoms with Gasteiger partial charge >= 0.3 is 0 Å². The van der Waals surface area contributed by atoms with E-state index in [1.165, 1.54) is 0 Å². The van der Waals surface area contributed by atoms with Crippen LogP contribution in [0.3, 0.4) is 0 Å². The zero-order valence-corrected chi connectivity index (χ0v) is 8.21. The first-order valence-electron chi connectivity index (χ1n) is 4.21. The number of aromatic nitrogens is 2. The summed E-state index contributed by atoms with van der Waals surface area (Å²) in [5.41, 5.74) is 5.10. The van der Waals surface area contributed by atoms with E-state index in [0.29, 0.717) is 6.54 Å². The molecule has 1 aromatic carbocycles. The number of hydrogen-bond acceptors (Lipinski definition) is 3. The third-order valence-corrected chi connectivity index (χ3v) is 1.98. The fourth-order valence-electron chi connectivity index (χ4n) is 1.21. The number of para-hydroxylation sites is 2. The highest BCUT2D eigenvalue weighted by molar-refractivity contribution is 7.78. The molecule has 4 heteroatoms. The van der Waals surface area contributed by atoms with Gasteiger partial charge in [-0.2, -0.15) is 0 Å². The predicted molar refractivity (Wildman–Crippen MR) is 59.0 cm³/mol. The summed E-state index contributed by atoms with van der Waals surface area (Å²) in [5.74, 6) is 0. The molecule has 0 saturated heterocycles. The van der Waals surface area contributed by atoms with Crippen LogP contribution in [0.4, 0.5) is 0 Å². The lowest BCUT2D eigenvalue weighted by molar-refractivity contribution is 0.895. The summed E-state index contributed by atoms with van der Waals surface area (Å²) < 4.78 is 0. The van der Waals surface area contributed by atoms with E-state index in [2.05, 4.69) is 33.0 Å². The Hall–Kier alpha value is -1.55. The Bertz CT molecular complexity index is 456. The van der Waals surface area contributed by atoms with Gasteiger partial charge in [-0.3, -0.25) is 4.98 Å². The number of benzene rings is 1. The van der Waals surface area contributed by atoms with Gasteiger partial charge in [0.2, 0.25) is 0 Å². The minimum atomic E-state index is 0.571. The summed E-state index contributed by atoms with van der Waals surface area (Å²) in [6.07, 6.45) is 1.74. The molecule has 1 N–H and O–H groups in total. The third kappa shape index (κ3) is 1.85. The fraction of sp³-hybridized carbons (Fsp3) is 0.100. The van der Waals surface area contributed by atoms with E-state index in [4.69, 9.17) is 0 Å². The molecule has 0 aliphatic rings. The summed E-state index contributed by atoms with van der Waals surface area (Å²) in [7, 11) is 0. The van der Waals surface area contributed by atoms with Gasteiger partial charge in [-0.25, -0.2) is 4.98 Å². The molecule has 0 aliphatic carbocycles. The first-order chi connectivity index (χ1) is 6.90. The molecule has 2 aromatic rings. The first kappa shape index (κ1) is 9.02. The predicted octanol–water partition coefficient (Wildman–Crippen LogP) is 1.55. The summed E-state index contributed by atoms with van der Waals surface area (Å²) in [5, 5.41) is 2.79. The number of nitrogens with one attached hydrogen (secondary N) is 1. The Morgan fingerprint density at radius 3 is 2.86 bits per heavy atom. The van der Waals surface area contributed by atoms with Crippen molar-refractivity contribution < 1.29 is 0 Å². The van der Waals surface area contributed by atoms with Gasteiger partial charge in [0.1, 0.15) is 5.49 Å². The van der Waals surface area contributed by atoms with Crippen LogP contribution in [-0.2, 0) is 6.54 Å². The van der Waals surface area contributed by atoms with Crippen LogP contribution in [0, 0.1) is 0 Å². The Labute approximate surface area is 87.2 Å². The van der Waals surface area contributed by atoms with Gasteiger partial charge in [-0.15, -0.1) is 0 Å². The molecule has 0 aliphatic heterocycles. The van der Waals surface area contributed by atoms with Crippen molar-refractivity contribution in [3.63, 3.8) is 0 Å². The van der Waals surface area contributed by atoms with Crippen LogP contribution in [0.25, 0.3) is 11.0 Å². The van der Waals surface area contributed by atoms with Crippen LogP contribution in [0.15, 0.2) is 30.5 Å². The Morgan fingerprint density at radius 1 is 1.29 bits per heavy atom. The van der Waals surface area contributed by atoms with Gasteiger partial charge in [-0.1, -0.05) is 24.4 Å². The number of rotatable bonds is 3. The van der Waals surface area contributed by atoms with Crippen molar-refractivity contribution in [1.29, 1.82) is 0 Å². The normalized spacial score (nSPS) is 10.0. The maximum absolute atomic E-state index is 4.54. The van der Waals surface area contributed by atoms with Crippen molar-refractivity contribution in [3.05, 3.63) is 36.2 Å². The van der Waals surface area contributed by atoms with Crippen LogP contribution in [0.5, 0.6) is 0 Å². The lowest BCUT2D eigenvalue weighted by atomic mass is 10.3. The van der Waals surface area contributed by atoms with Crippen LogP contribution in [-0.4, -0.2) is 15.5 Å². The van der Waals surface area contributed by atoms with Crippen molar-refractivity contribution in [2.24, 2.45) is 0 Å². The smallest absolute Gasteiger partial charge is 0.134 e. The zero-order valence-electron chi connectivity index (χ0n) is 7.40. The molecule has 0 amide bonds. The fourth-order valence-corrected chi connectivity index (χ4v) is 1.28. The molecular formula is C10H8N3S. The molecule has 69 valence electrons. The van der Waals surface area contributed by atoms with Gasteiger partial charge < -0.3 is 5.32 Å². The van der Waals surface area contributed by atoms with Crippen LogP contribution in [0.2, 0.25) is 0 Å². The zero-order chi connectivity index (χ0) is 9.80. The molecule has 0 unspecified atom stereocenters. The van der Waals surface area contributed by atoms with Crippen molar-refractivity contribution >= 4 is 28.7 Å². The monoisotopic (exact) mass is 202 g/mol. The van der Waals surface area contributed by atoms with E-state index in [1.54, 1.807) is 6.20 Å². The second kappa shape index (κ2) is 4.11. The van der Waals surface area contributed by atoms with Crippen LogP contribution < -0.4 is 5.32 Å². The van der Waals surface area contributed by atoms with Crippen molar-refractivity contribution in [2.45, 2.75) is 6.54 Å². The maximum Gasteiger partial charge on any atom is 0.134 e. The molecule has 1 radical (unpaired) electrons. The minimum absolute atomic E-state index is 0.571. The largest absolute Gasteiger partial charge is 0.368 e. The van der Waals surface area contributed by atoms with Gasteiger partial charge in [0, 0.05) is 0 Å². The van der Waals surface area contributed by atoms with Gasteiger partial charge in [0.05, 0.1) is 29.5 Å². The molecular weight excluding hydrogens is 194 g/mol. The summed E-state index contributed by atoms with van der Waals surface area (Å²) in [6, 6.07) is 7.76. The van der Waals surface area contributed by atoms with Crippen molar-refractivity contribution in [1.82, 2.24) is 15.3 Å². The van der Waals surface area contributed by atoms with Gasteiger partial charge in [0.15, 0.2) is 0 Å². The Kier molecular flexibility index (Phi) is 2.65. The number of nitrogens with zero attached hydrogens (tertiary/aromatic N) is 2. The maximum atomic E-state index is 4.54. The average molecular weight is 202 g/mol. The van der Waals surface area contributed by atoms with Gasteiger partial charge in [-0.05, 0) is 12.1 Å². The lowest BCUT2D eigenvalue weighted by Gasteiger charge is -2.00. The van der Waals surface area contributed by atoms with E-state index in [9.17, 15) is 0 Å². The topological polar surface area (TPSA) is 37.8 Å². The second-order valence-electron chi connectivity index (χ2n) is 2.81. The summed E-state index contributed by atoms with van der Waals surface area (Å²) in [6.45, 7) is 0.571. The van der Waals surface area contributed by atoms with E-state index < -0.39 is 0 Å². The van der Waals surface area contributed by atoms with E-state index in [1.807, 2.05) is 24.3 Å². The highest BCUT2D eigenvalue weighted by atomic mass is 32.1. The molecule has 0 bridgehead atoms. The highest BCUT2D eigenvalue weighted by Crippen LogP contribution is 2.07. The van der Waals surface area contributed by atoms with E-state index >= 15 is 0 Å². The SMILES string of the molecule is S=[C]NCc1cnc2ccccc2n1. The molecule has 0 saturated carbocycles. The standard InChI is InChI=1S/C10H8N3S/c14-7-11-5-8-6-12-9-3-1-2-4-10(9)13-8/h1-4,6H,5H2,(H,11,14). The number of thiocarbonyl (C=S) groups is 1. The van der Waals surface area contributed by atoms with Crippen molar-refractivity contribution in [3.8, 4) is 0 Å². The minimum Gasteiger partial charge on any atom is -0.368 e. The van der Waals surface area contributed by atoms with Crippen LogP contribution in [0.1, 0.15) is 5.69 Å². The highest BCUT2D eigenvalue weighted by Gasteiger charge is 1.97. The van der Waals surface area contributed by atoms with E-state index in [0.717, 1.165) is 16.7 Å². The van der Waals surface area contributed by atoms with Crippen LogP contribution >= 0.6 is 12.2 Å². The van der Waals surface area contributed by atoms with E-state index in [-0.39, 0.29) is 0 Å². The molecule has 2 rings (SSSR count). The van der Waals surface area contributed by atoms with Crippen molar-refractivity contribution in [2.75, 3.05) is 0 Å². The number of hydrogen-bond donors (Lipinski definition) is 1. The first-order valence-corrected chi connectivity index (χ1v) is 4.61. The molecule has 0 fully saturated rings.